The summed E-state index contributed by atoms with van der Waals surface area (Å²) >= 11 is 6.33. The summed E-state index contributed by atoms with van der Waals surface area (Å²) in [6.07, 6.45) is 0. The Labute approximate surface area is 159 Å². The molecular weight excluding hydrogens is 350 g/mol. The van der Waals surface area contributed by atoms with Crippen LogP contribution in [-0.4, -0.2) is 58.3 Å². The molecule has 8 heteroatoms. The van der Waals surface area contributed by atoms with Crippen molar-refractivity contribution in [1.29, 1.82) is 0 Å². The summed E-state index contributed by atoms with van der Waals surface area (Å²) in [4.78, 5) is 9.38. The molecule has 0 unspecified atom stereocenters. The lowest BCUT2D eigenvalue weighted by Gasteiger charge is -2.38. The molecule has 26 heavy (non-hydrogen) atoms. The van der Waals surface area contributed by atoms with Gasteiger partial charge in [-0.3, -0.25) is 0 Å². The van der Waals surface area contributed by atoms with Crippen LogP contribution in [-0.2, 0) is 13.6 Å². The summed E-state index contributed by atoms with van der Waals surface area (Å²) < 4.78 is 1.97. The van der Waals surface area contributed by atoms with Gasteiger partial charge in [0.05, 0.1) is 10.7 Å². The van der Waals surface area contributed by atoms with Crippen molar-refractivity contribution >= 4 is 23.2 Å². The maximum absolute atomic E-state index is 6.33. The first-order valence-electron chi connectivity index (χ1n) is 8.97. The molecule has 1 saturated heterocycles. The van der Waals surface area contributed by atoms with E-state index in [2.05, 4.69) is 38.3 Å². The van der Waals surface area contributed by atoms with E-state index in [1.807, 2.05) is 36.7 Å². The first-order valence-corrected chi connectivity index (χ1v) is 9.35. The number of nitrogens with zero attached hydrogens (tertiary/aromatic N) is 6. The van der Waals surface area contributed by atoms with E-state index in [0.29, 0.717) is 6.54 Å². The second-order valence-corrected chi connectivity index (χ2v) is 6.73. The van der Waals surface area contributed by atoms with Gasteiger partial charge in [-0.2, -0.15) is 0 Å². The van der Waals surface area contributed by atoms with Crippen molar-refractivity contribution in [3.63, 3.8) is 0 Å². The predicted molar refractivity (Wildman–Crippen MR) is 106 cm³/mol. The average molecular weight is 376 g/mol. The van der Waals surface area contributed by atoms with Gasteiger partial charge in [-0.25, -0.2) is 4.99 Å². The number of aryl methyl sites for hydroxylation is 1. The number of hydrogen-bond acceptors (Lipinski definition) is 4. The van der Waals surface area contributed by atoms with E-state index < -0.39 is 0 Å². The van der Waals surface area contributed by atoms with E-state index in [9.17, 15) is 0 Å². The molecule has 0 spiro atoms. The number of aliphatic imine (C=N–C) groups is 1. The molecule has 1 aliphatic rings. The van der Waals surface area contributed by atoms with Gasteiger partial charge in [-0.05, 0) is 26.0 Å². The van der Waals surface area contributed by atoms with Crippen LogP contribution in [0.4, 0.5) is 5.69 Å². The molecule has 0 atom stereocenters. The number of anilines is 1. The van der Waals surface area contributed by atoms with Gasteiger partial charge in [0.25, 0.3) is 0 Å². The molecule has 140 valence electrons. The fraction of sp³-hybridized carbons (Fsp3) is 0.500. The van der Waals surface area contributed by atoms with Crippen LogP contribution < -0.4 is 10.2 Å². The largest absolute Gasteiger partial charge is 0.367 e. The van der Waals surface area contributed by atoms with Crippen LogP contribution in [0.3, 0.4) is 0 Å². The smallest absolute Gasteiger partial charge is 0.194 e. The highest BCUT2D eigenvalue weighted by Gasteiger charge is 2.21. The van der Waals surface area contributed by atoms with Crippen molar-refractivity contribution < 1.29 is 0 Å². The summed E-state index contributed by atoms with van der Waals surface area (Å²) in [6.45, 7) is 9.01. The molecule has 2 heterocycles. The fourth-order valence-electron chi connectivity index (χ4n) is 3.03. The molecule has 1 fully saturated rings. The quantitative estimate of drug-likeness (QED) is 0.654. The van der Waals surface area contributed by atoms with E-state index in [4.69, 9.17) is 16.6 Å². The topological polar surface area (TPSA) is 61.6 Å². The Hall–Kier alpha value is -2.28. The first-order chi connectivity index (χ1) is 12.6. The Bertz CT molecular complexity index is 763. The highest BCUT2D eigenvalue weighted by atomic mass is 35.5. The Kier molecular flexibility index (Phi) is 5.98. The monoisotopic (exact) mass is 375 g/mol. The molecule has 0 amide bonds. The highest BCUT2D eigenvalue weighted by Crippen LogP contribution is 2.26. The van der Waals surface area contributed by atoms with Crippen LogP contribution in [0.5, 0.6) is 0 Å². The predicted octanol–water partition coefficient (Wildman–Crippen LogP) is 2.06. The van der Waals surface area contributed by atoms with Crippen LogP contribution in [0.1, 0.15) is 18.6 Å². The van der Waals surface area contributed by atoms with Crippen molar-refractivity contribution in [3.8, 4) is 0 Å². The first kappa shape index (κ1) is 18.5. The fourth-order valence-corrected chi connectivity index (χ4v) is 3.28. The Balaban J connectivity index is 1.65. The van der Waals surface area contributed by atoms with Crippen LogP contribution in [0.2, 0.25) is 5.02 Å². The van der Waals surface area contributed by atoms with Crippen molar-refractivity contribution in [2.45, 2.75) is 20.4 Å². The van der Waals surface area contributed by atoms with Crippen LogP contribution in [0.25, 0.3) is 0 Å². The van der Waals surface area contributed by atoms with E-state index in [1.54, 1.807) is 0 Å². The van der Waals surface area contributed by atoms with Crippen LogP contribution in [0.15, 0.2) is 29.3 Å². The van der Waals surface area contributed by atoms with Gasteiger partial charge in [-0.15, -0.1) is 10.2 Å². The van der Waals surface area contributed by atoms with Crippen molar-refractivity contribution in [2.24, 2.45) is 12.0 Å². The molecule has 7 nitrogen and oxygen atoms in total. The minimum Gasteiger partial charge on any atom is -0.367 e. The Morgan fingerprint density at radius 1 is 1.19 bits per heavy atom. The van der Waals surface area contributed by atoms with E-state index >= 15 is 0 Å². The number of guanidine groups is 1. The summed E-state index contributed by atoms with van der Waals surface area (Å²) in [5.74, 6) is 2.69. The highest BCUT2D eigenvalue weighted by molar-refractivity contribution is 6.33. The van der Waals surface area contributed by atoms with Gasteiger partial charge in [0.2, 0.25) is 0 Å². The lowest BCUT2D eigenvalue weighted by Crippen LogP contribution is -2.52. The van der Waals surface area contributed by atoms with Gasteiger partial charge < -0.3 is 19.7 Å². The number of aromatic nitrogens is 3. The Morgan fingerprint density at radius 2 is 1.92 bits per heavy atom. The number of piperazine rings is 1. The minimum atomic E-state index is 0.518. The molecule has 0 saturated carbocycles. The summed E-state index contributed by atoms with van der Waals surface area (Å²) in [5, 5.41) is 12.5. The second kappa shape index (κ2) is 8.40. The molecule has 0 bridgehead atoms. The third-order valence-corrected chi connectivity index (χ3v) is 4.98. The van der Waals surface area contributed by atoms with E-state index in [1.165, 1.54) is 0 Å². The third kappa shape index (κ3) is 4.09. The number of rotatable bonds is 4. The number of para-hydroxylation sites is 1. The molecule has 2 aromatic rings. The SMILES string of the molecule is CCNC(=NCc1nnc(C)n1C)N1CCN(c2ccccc2Cl)CC1. The number of halogens is 1. The molecule has 0 aliphatic carbocycles. The van der Waals surface area contributed by atoms with E-state index in [0.717, 1.165) is 61.0 Å². The summed E-state index contributed by atoms with van der Waals surface area (Å²) in [7, 11) is 1.97. The number of hydrogen-bond donors (Lipinski definition) is 1. The summed E-state index contributed by atoms with van der Waals surface area (Å²) in [5.41, 5.74) is 1.10. The maximum atomic E-state index is 6.33. The molecular formula is C18H26ClN7. The van der Waals surface area contributed by atoms with Gasteiger partial charge in [0.1, 0.15) is 12.4 Å². The van der Waals surface area contributed by atoms with Crippen molar-refractivity contribution in [2.75, 3.05) is 37.6 Å². The zero-order valence-electron chi connectivity index (χ0n) is 15.6. The standard InChI is InChI=1S/C18H26ClN7/c1-4-20-18(21-13-17-23-22-14(2)24(17)3)26-11-9-25(10-12-26)16-8-6-5-7-15(16)19/h5-8H,4,9-13H2,1-3H3,(H,20,21). The van der Waals surface area contributed by atoms with Crippen LogP contribution >= 0.6 is 11.6 Å². The number of benzene rings is 1. The maximum Gasteiger partial charge on any atom is 0.194 e. The zero-order valence-corrected chi connectivity index (χ0v) is 16.4. The lowest BCUT2D eigenvalue weighted by atomic mass is 10.2. The average Bonchev–Trinajstić information content (AvgIpc) is 2.98. The summed E-state index contributed by atoms with van der Waals surface area (Å²) in [6, 6.07) is 8.01. The third-order valence-electron chi connectivity index (χ3n) is 4.66. The molecule has 1 N–H and O–H groups in total. The Morgan fingerprint density at radius 3 is 2.54 bits per heavy atom. The normalized spacial score (nSPS) is 15.5. The minimum absolute atomic E-state index is 0.518. The van der Waals surface area contributed by atoms with Crippen LogP contribution in [0, 0.1) is 6.92 Å². The van der Waals surface area contributed by atoms with Crippen molar-refractivity contribution in [1.82, 2.24) is 25.0 Å². The molecule has 1 aromatic heterocycles. The second-order valence-electron chi connectivity index (χ2n) is 6.32. The molecule has 1 aliphatic heterocycles. The van der Waals surface area contributed by atoms with Gasteiger partial charge >= 0.3 is 0 Å². The van der Waals surface area contributed by atoms with Gasteiger partial charge in [-0.1, -0.05) is 23.7 Å². The van der Waals surface area contributed by atoms with Gasteiger partial charge in [0, 0.05) is 39.8 Å². The molecule has 1 aromatic carbocycles. The van der Waals surface area contributed by atoms with E-state index in [-0.39, 0.29) is 0 Å². The van der Waals surface area contributed by atoms with Gasteiger partial charge in [0.15, 0.2) is 11.8 Å². The van der Waals surface area contributed by atoms with Crippen molar-refractivity contribution in [3.05, 3.63) is 40.9 Å². The zero-order chi connectivity index (χ0) is 18.5. The lowest BCUT2D eigenvalue weighted by molar-refractivity contribution is 0.372. The molecule has 0 radical (unpaired) electrons. The number of nitrogens with one attached hydrogen (secondary N) is 1. The molecule has 3 rings (SSSR count).